The van der Waals surface area contributed by atoms with Gasteiger partial charge < -0.3 is 9.84 Å². The monoisotopic (exact) mass is 660 g/mol. The third-order valence-corrected chi connectivity index (χ3v) is 7.76. The van der Waals surface area contributed by atoms with Gasteiger partial charge in [-0.2, -0.15) is 35.3 Å². The third-order valence-electron chi connectivity index (χ3n) is 3.94. The molecule has 0 amide bonds. The van der Waals surface area contributed by atoms with Crippen LogP contribution in [0.15, 0.2) is 89.9 Å². The molecule has 1 rings (SSSR count). The van der Waals surface area contributed by atoms with Gasteiger partial charge in [0, 0.05) is 16.4 Å². The SMILES string of the molecule is C=C(C)C(O)SC.C=C(C)CCSC.C=C(C)COC(=O)c1ccccc1SC.C=C(C)CSC.C=C(C)CSC. The first-order valence-corrected chi connectivity index (χ1v) is 19.5. The molecule has 3 nitrogen and oxygen atoms in total. The number of aliphatic hydroxyl groups is 1. The van der Waals surface area contributed by atoms with Gasteiger partial charge in [0.05, 0.1) is 5.56 Å². The molecule has 1 N–H and O–H groups in total. The average molecular weight is 661 g/mol. The van der Waals surface area contributed by atoms with Crippen LogP contribution < -0.4 is 0 Å². The van der Waals surface area contributed by atoms with Crippen LogP contribution >= 0.6 is 58.8 Å². The summed E-state index contributed by atoms with van der Waals surface area (Å²) in [6, 6.07) is 7.41. The number of carbonyl (C=O) groups excluding carboxylic acids is 1. The number of carbonyl (C=O) groups is 1. The minimum absolute atomic E-state index is 0.279. The van der Waals surface area contributed by atoms with Gasteiger partial charge in [-0.15, -0.1) is 30.1 Å². The van der Waals surface area contributed by atoms with Gasteiger partial charge in [-0.05, 0) is 101 Å². The summed E-state index contributed by atoms with van der Waals surface area (Å²) < 4.78 is 5.08. The number of aliphatic hydroxyl groups excluding tert-OH is 1. The van der Waals surface area contributed by atoms with E-state index in [4.69, 9.17) is 9.84 Å². The average Bonchev–Trinajstić information content (AvgIpc) is 2.91. The van der Waals surface area contributed by atoms with Gasteiger partial charge in [-0.3, -0.25) is 0 Å². The van der Waals surface area contributed by atoms with Crippen LogP contribution in [0.5, 0.6) is 0 Å². The van der Waals surface area contributed by atoms with Crippen molar-refractivity contribution in [3.63, 3.8) is 0 Å². The molecule has 0 radical (unpaired) electrons. The molecule has 0 aromatic heterocycles. The fraction of sp³-hybridized carbons (Fsp3) is 0.485. The van der Waals surface area contributed by atoms with Crippen molar-refractivity contribution in [2.24, 2.45) is 0 Å². The molecule has 236 valence electrons. The minimum atomic E-state index is -0.375. The molecule has 0 fully saturated rings. The first kappa shape index (κ1) is 47.0. The molecule has 1 unspecified atom stereocenters. The lowest BCUT2D eigenvalue weighted by Gasteiger charge is -2.07. The Morgan fingerprint density at radius 1 is 0.780 bits per heavy atom. The van der Waals surface area contributed by atoms with Crippen molar-refractivity contribution in [3.05, 3.63) is 90.6 Å². The zero-order valence-corrected chi connectivity index (χ0v) is 31.3. The topological polar surface area (TPSA) is 46.5 Å². The largest absolute Gasteiger partial charge is 0.458 e. The van der Waals surface area contributed by atoms with E-state index in [0.29, 0.717) is 5.56 Å². The number of hydrogen-bond donors (Lipinski definition) is 1. The van der Waals surface area contributed by atoms with E-state index in [2.05, 4.69) is 58.6 Å². The summed E-state index contributed by atoms with van der Waals surface area (Å²) in [5, 5.41) is 8.80. The number of benzene rings is 1. The predicted octanol–water partition coefficient (Wildman–Crippen LogP) is 10.6. The Kier molecular flexibility index (Phi) is 38.6. The lowest BCUT2D eigenvalue weighted by Crippen LogP contribution is -2.07. The smallest absolute Gasteiger partial charge is 0.339 e. The minimum Gasteiger partial charge on any atom is -0.458 e. The first-order chi connectivity index (χ1) is 19.1. The fourth-order valence-corrected chi connectivity index (χ4v) is 4.58. The lowest BCUT2D eigenvalue weighted by atomic mass is 10.2. The van der Waals surface area contributed by atoms with Gasteiger partial charge in [0.2, 0.25) is 0 Å². The van der Waals surface area contributed by atoms with Gasteiger partial charge >= 0.3 is 5.97 Å². The second kappa shape index (κ2) is 33.6. The summed E-state index contributed by atoms with van der Waals surface area (Å²) in [5.41, 5.74) is 5.68. The highest BCUT2D eigenvalue weighted by atomic mass is 32.2. The van der Waals surface area contributed by atoms with E-state index >= 15 is 0 Å². The normalized spacial score (nSPS) is 9.83. The van der Waals surface area contributed by atoms with E-state index in [9.17, 15) is 4.79 Å². The molecular weight excluding hydrogens is 605 g/mol. The van der Waals surface area contributed by atoms with Crippen LogP contribution in [0, 0.1) is 0 Å². The molecule has 0 saturated carbocycles. The van der Waals surface area contributed by atoms with Crippen LogP contribution in [0.1, 0.15) is 51.4 Å². The number of rotatable bonds is 13. The van der Waals surface area contributed by atoms with Crippen LogP contribution in [0.3, 0.4) is 0 Å². The number of allylic oxidation sites excluding steroid dienone is 1. The summed E-state index contributed by atoms with van der Waals surface area (Å²) in [4.78, 5) is 12.6. The Labute approximate surface area is 275 Å². The lowest BCUT2D eigenvalue weighted by molar-refractivity contribution is 0.0536. The van der Waals surface area contributed by atoms with E-state index < -0.39 is 0 Å². The Morgan fingerprint density at radius 3 is 1.51 bits per heavy atom. The predicted molar refractivity (Wildman–Crippen MR) is 202 cm³/mol. The Hall–Kier alpha value is -0.900. The zero-order valence-electron chi connectivity index (χ0n) is 27.3. The van der Waals surface area contributed by atoms with Crippen LogP contribution in [-0.2, 0) is 4.74 Å². The fourth-order valence-electron chi connectivity index (χ4n) is 2.05. The van der Waals surface area contributed by atoms with Crippen molar-refractivity contribution in [1.29, 1.82) is 0 Å². The summed E-state index contributed by atoms with van der Waals surface area (Å²) in [6.45, 7) is 28.5. The van der Waals surface area contributed by atoms with Crippen molar-refractivity contribution in [2.75, 3.05) is 55.1 Å². The standard InChI is InChI=1S/C12H14O2S.C6H12S.C5H10OS.2C5H10S/c1-9(2)8-14-12(13)10-6-4-5-7-11(10)15-3;1-6(2)4-5-7-3;1-4(2)5(6)7-3;2*1-5(2)4-6-3/h4-7H,1,8H2,2-3H3;1,4-5H2,2-3H3;5-6H,1H2,2-3H3;2*1,4H2,2-3H3. The molecule has 0 aliphatic carbocycles. The Balaban J connectivity index is -0.000000225. The summed E-state index contributed by atoms with van der Waals surface area (Å²) in [6.07, 6.45) is 11.2. The van der Waals surface area contributed by atoms with Gasteiger partial charge in [-0.1, -0.05) is 55.2 Å². The summed E-state index contributed by atoms with van der Waals surface area (Å²) in [5.74, 6) is 3.12. The van der Waals surface area contributed by atoms with Crippen molar-refractivity contribution >= 4 is 64.8 Å². The molecule has 0 spiro atoms. The maximum atomic E-state index is 11.7. The number of thioether (sulfide) groups is 5. The molecule has 1 atom stereocenters. The van der Waals surface area contributed by atoms with E-state index in [1.807, 2.05) is 86.8 Å². The van der Waals surface area contributed by atoms with E-state index in [-0.39, 0.29) is 18.0 Å². The van der Waals surface area contributed by atoms with Crippen molar-refractivity contribution < 1.29 is 14.6 Å². The second-order valence-corrected chi connectivity index (χ2v) is 13.6. The molecule has 0 heterocycles. The van der Waals surface area contributed by atoms with Gasteiger partial charge in [0.25, 0.3) is 0 Å². The molecule has 1 aromatic rings. The number of esters is 1. The van der Waals surface area contributed by atoms with Gasteiger partial charge in [0.15, 0.2) is 0 Å². The zero-order chi connectivity index (χ0) is 32.8. The van der Waals surface area contributed by atoms with Crippen molar-refractivity contribution in [2.45, 2.75) is 51.4 Å². The molecule has 0 saturated heterocycles. The molecule has 0 aliphatic rings. The van der Waals surface area contributed by atoms with Crippen LogP contribution in [0.2, 0.25) is 0 Å². The number of hydrogen-bond acceptors (Lipinski definition) is 8. The summed E-state index contributed by atoms with van der Waals surface area (Å²) >= 11 is 8.41. The van der Waals surface area contributed by atoms with Crippen molar-refractivity contribution in [3.8, 4) is 0 Å². The van der Waals surface area contributed by atoms with Crippen LogP contribution in [0.25, 0.3) is 0 Å². The Morgan fingerprint density at radius 2 is 1.27 bits per heavy atom. The molecule has 1 aromatic carbocycles. The van der Waals surface area contributed by atoms with E-state index in [1.54, 1.807) is 13.0 Å². The van der Waals surface area contributed by atoms with E-state index in [1.165, 1.54) is 52.4 Å². The van der Waals surface area contributed by atoms with Gasteiger partial charge in [-0.25, -0.2) is 4.79 Å². The highest BCUT2D eigenvalue weighted by molar-refractivity contribution is 7.99. The molecule has 0 aliphatic heterocycles. The molecule has 8 heteroatoms. The first-order valence-electron chi connectivity index (χ1n) is 12.9. The quantitative estimate of drug-likeness (QED) is 0.0971. The van der Waals surface area contributed by atoms with Crippen molar-refractivity contribution in [1.82, 2.24) is 0 Å². The van der Waals surface area contributed by atoms with Crippen LogP contribution in [-0.4, -0.2) is 71.7 Å². The third kappa shape index (κ3) is 39.1. The van der Waals surface area contributed by atoms with Gasteiger partial charge in [0.1, 0.15) is 12.0 Å². The highest BCUT2D eigenvalue weighted by Crippen LogP contribution is 2.20. The molecule has 41 heavy (non-hydrogen) atoms. The highest BCUT2D eigenvalue weighted by Gasteiger charge is 2.11. The van der Waals surface area contributed by atoms with E-state index in [0.717, 1.165) is 27.5 Å². The van der Waals surface area contributed by atoms with Crippen LogP contribution in [0.4, 0.5) is 0 Å². The maximum Gasteiger partial charge on any atom is 0.339 e. The maximum absolute atomic E-state index is 11.7. The molecule has 0 bridgehead atoms. The molecular formula is C33H56O3S5. The number of ether oxygens (including phenoxy) is 1. The Bertz CT molecular complexity index is 865. The summed E-state index contributed by atoms with van der Waals surface area (Å²) in [7, 11) is 0. The second-order valence-electron chi connectivity index (χ2n) is 9.15.